The Morgan fingerprint density at radius 2 is 1.54 bits per heavy atom. The summed E-state index contributed by atoms with van der Waals surface area (Å²) >= 11 is 0. The van der Waals surface area contributed by atoms with Crippen molar-refractivity contribution in [2.24, 2.45) is 0 Å². The fraction of sp³-hybridized carbons (Fsp3) is 0.0870. The van der Waals surface area contributed by atoms with Gasteiger partial charge >= 0.3 is 5.97 Å². The molecule has 3 aromatic rings. The molecule has 3 nitrogen and oxygen atoms in total. The summed E-state index contributed by atoms with van der Waals surface area (Å²) in [5, 5.41) is 10.4. The average Bonchev–Trinajstić information content (AvgIpc) is 2.66. The predicted octanol–water partition coefficient (Wildman–Crippen LogP) is 4.78. The first-order valence-electron chi connectivity index (χ1n) is 8.08. The highest BCUT2D eigenvalue weighted by Gasteiger charge is 1.93. The van der Waals surface area contributed by atoms with Crippen LogP contribution in [0.3, 0.4) is 0 Å². The SMILES string of the molecule is COC=CC(=O)O.Cc1ccc(C#Cc2ccc3ccccc3c2)cc1. The molecular weight excluding hydrogens is 324 g/mol. The summed E-state index contributed by atoms with van der Waals surface area (Å²) in [6.45, 7) is 2.08. The van der Waals surface area contributed by atoms with E-state index in [9.17, 15) is 4.79 Å². The van der Waals surface area contributed by atoms with E-state index in [2.05, 4.69) is 90.2 Å². The summed E-state index contributed by atoms with van der Waals surface area (Å²) in [7, 11) is 1.39. The quantitative estimate of drug-likeness (QED) is 0.413. The van der Waals surface area contributed by atoms with Crippen LogP contribution >= 0.6 is 0 Å². The van der Waals surface area contributed by atoms with Crippen molar-refractivity contribution in [2.75, 3.05) is 7.11 Å². The van der Waals surface area contributed by atoms with Crippen molar-refractivity contribution in [2.45, 2.75) is 6.92 Å². The first-order chi connectivity index (χ1) is 12.6. The van der Waals surface area contributed by atoms with Crippen LogP contribution in [-0.4, -0.2) is 18.2 Å². The number of benzene rings is 3. The molecule has 26 heavy (non-hydrogen) atoms. The highest BCUT2D eigenvalue weighted by Crippen LogP contribution is 2.15. The Hall–Kier alpha value is -3.51. The maximum atomic E-state index is 9.59. The van der Waals surface area contributed by atoms with Crippen molar-refractivity contribution in [3.63, 3.8) is 0 Å². The molecular formula is C23H20O3. The molecule has 3 aromatic carbocycles. The molecule has 3 heteroatoms. The fourth-order valence-corrected chi connectivity index (χ4v) is 2.17. The number of rotatable bonds is 2. The zero-order chi connectivity index (χ0) is 18.8. The summed E-state index contributed by atoms with van der Waals surface area (Å²) < 4.78 is 4.29. The smallest absolute Gasteiger partial charge is 0.331 e. The molecule has 0 spiro atoms. The largest absolute Gasteiger partial charge is 0.504 e. The summed E-state index contributed by atoms with van der Waals surface area (Å²) in [6.07, 6.45) is 2.02. The molecule has 3 rings (SSSR count). The third-order valence-electron chi connectivity index (χ3n) is 3.50. The first kappa shape index (κ1) is 18.8. The Balaban J connectivity index is 0.000000298. The van der Waals surface area contributed by atoms with Crippen LogP contribution in [0.15, 0.2) is 79.1 Å². The van der Waals surface area contributed by atoms with E-state index < -0.39 is 5.97 Å². The van der Waals surface area contributed by atoms with Gasteiger partial charge in [-0.3, -0.25) is 0 Å². The number of aryl methyl sites for hydroxylation is 1. The number of carbonyl (C=O) groups is 1. The maximum Gasteiger partial charge on any atom is 0.331 e. The summed E-state index contributed by atoms with van der Waals surface area (Å²) in [6, 6.07) is 23.0. The number of fused-ring (bicyclic) bond motifs is 1. The average molecular weight is 344 g/mol. The van der Waals surface area contributed by atoms with Crippen LogP contribution in [0.2, 0.25) is 0 Å². The number of carboxylic acid groups (broad SMARTS) is 1. The molecule has 0 saturated heterocycles. The number of hydrogen-bond donors (Lipinski definition) is 1. The molecule has 0 aliphatic carbocycles. The van der Waals surface area contributed by atoms with Crippen LogP contribution in [0.25, 0.3) is 10.8 Å². The molecule has 130 valence electrons. The van der Waals surface area contributed by atoms with E-state index >= 15 is 0 Å². The second kappa shape index (κ2) is 9.71. The van der Waals surface area contributed by atoms with Gasteiger partial charge in [0.1, 0.15) is 0 Å². The molecule has 0 aliphatic rings. The van der Waals surface area contributed by atoms with Gasteiger partial charge in [-0.05, 0) is 42.0 Å². The second-order valence-electron chi connectivity index (χ2n) is 5.55. The molecule has 0 saturated carbocycles. The van der Waals surface area contributed by atoms with Crippen molar-refractivity contribution < 1.29 is 14.6 Å². The fourth-order valence-electron chi connectivity index (χ4n) is 2.17. The predicted molar refractivity (Wildman–Crippen MR) is 105 cm³/mol. The lowest BCUT2D eigenvalue weighted by Gasteiger charge is -1.97. The minimum Gasteiger partial charge on any atom is -0.504 e. The third kappa shape index (κ3) is 6.18. The minimum atomic E-state index is -0.998. The van der Waals surface area contributed by atoms with Gasteiger partial charge < -0.3 is 9.84 Å². The third-order valence-corrected chi connectivity index (χ3v) is 3.50. The highest BCUT2D eigenvalue weighted by molar-refractivity contribution is 5.83. The van der Waals surface area contributed by atoms with Gasteiger partial charge in [0.25, 0.3) is 0 Å². The van der Waals surface area contributed by atoms with Gasteiger partial charge in [0.2, 0.25) is 0 Å². The van der Waals surface area contributed by atoms with Crippen LogP contribution in [0.1, 0.15) is 16.7 Å². The zero-order valence-electron chi connectivity index (χ0n) is 14.8. The van der Waals surface area contributed by atoms with Gasteiger partial charge in [0.15, 0.2) is 0 Å². The lowest BCUT2D eigenvalue weighted by Crippen LogP contribution is -1.85. The Morgan fingerprint density at radius 3 is 2.15 bits per heavy atom. The van der Waals surface area contributed by atoms with Gasteiger partial charge in [-0.15, -0.1) is 0 Å². The molecule has 0 fully saturated rings. The molecule has 0 radical (unpaired) electrons. The topological polar surface area (TPSA) is 46.5 Å². The van der Waals surface area contributed by atoms with Gasteiger partial charge in [-0.1, -0.05) is 59.9 Å². The molecule has 0 amide bonds. The number of carboxylic acids is 1. The van der Waals surface area contributed by atoms with Gasteiger partial charge in [-0.2, -0.15) is 0 Å². The van der Waals surface area contributed by atoms with Gasteiger partial charge in [-0.25, -0.2) is 4.79 Å². The molecule has 0 atom stereocenters. The first-order valence-corrected chi connectivity index (χ1v) is 8.08. The van der Waals surface area contributed by atoms with Crippen LogP contribution < -0.4 is 0 Å². The van der Waals surface area contributed by atoms with Crippen molar-refractivity contribution in [1.29, 1.82) is 0 Å². The Labute approximate surface area is 153 Å². The Morgan fingerprint density at radius 1 is 0.923 bits per heavy atom. The Bertz CT molecular complexity index is 958. The minimum absolute atomic E-state index is 0.917. The van der Waals surface area contributed by atoms with E-state index in [0.29, 0.717) is 0 Å². The molecule has 0 heterocycles. The van der Waals surface area contributed by atoms with Crippen molar-refractivity contribution in [3.8, 4) is 11.8 Å². The summed E-state index contributed by atoms with van der Waals surface area (Å²) in [4.78, 5) is 9.59. The van der Waals surface area contributed by atoms with Crippen LogP contribution in [0, 0.1) is 18.8 Å². The Kier molecular flexibility index (Phi) is 7.03. The summed E-state index contributed by atoms with van der Waals surface area (Å²) in [5.41, 5.74) is 3.37. The summed E-state index contributed by atoms with van der Waals surface area (Å²) in [5.74, 6) is 5.43. The normalized spacial score (nSPS) is 9.77. The van der Waals surface area contributed by atoms with Crippen LogP contribution in [-0.2, 0) is 9.53 Å². The lowest BCUT2D eigenvalue weighted by atomic mass is 10.1. The van der Waals surface area contributed by atoms with E-state index in [1.807, 2.05) is 0 Å². The van der Waals surface area contributed by atoms with Gasteiger partial charge in [0, 0.05) is 11.1 Å². The standard InChI is InChI=1S/C19H14.C4H6O3/c1-15-6-8-16(9-7-15)10-11-17-12-13-18-4-2-3-5-19(18)14-17;1-7-3-2-4(5)6/h2-9,12-14H,1H3;2-3H,1H3,(H,5,6). The molecule has 0 aromatic heterocycles. The number of ether oxygens (including phenoxy) is 1. The van der Waals surface area contributed by atoms with Crippen molar-refractivity contribution in [3.05, 3.63) is 95.8 Å². The van der Waals surface area contributed by atoms with Crippen LogP contribution in [0.5, 0.6) is 0 Å². The second-order valence-corrected chi connectivity index (χ2v) is 5.55. The van der Waals surface area contributed by atoms with Crippen molar-refractivity contribution in [1.82, 2.24) is 0 Å². The van der Waals surface area contributed by atoms with E-state index in [0.717, 1.165) is 23.5 Å². The number of methoxy groups -OCH3 is 1. The van der Waals surface area contributed by atoms with E-state index in [-0.39, 0.29) is 0 Å². The molecule has 0 aliphatic heterocycles. The molecule has 0 bridgehead atoms. The number of hydrogen-bond acceptors (Lipinski definition) is 2. The molecule has 0 unspecified atom stereocenters. The zero-order valence-corrected chi connectivity index (χ0v) is 14.8. The van der Waals surface area contributed by atoms with Crippen molar-refractivity contribution >= 4 is 16.7 Å². The van der Waals surface area contributed by atoms with E-state index in [4.69, 9.17) is 5.11 Å². The van der Waals surface area contributed by atoms with E-state index in [1.54, 1.807) is 0 Å². The number of aliphatic carboxylic acids is 1. The molecule has 1 N–H and O–H groups in total. The van der Waals surface area contributed by atoms with Crippen LogP contribution in [0.4, 0.5) is 0 Å². The lowest BCUT2D eigenvalue weighted by molar-refractivity contribution is -0.131. The van der Waals surface area contributed by atoms with E-state index in [1.165, 1.54) is 23.4 Å². The maximum absolute atomic E-state index is 9.59. The highest BCUT2D eigenvalue weighted by atomic mass is 16.5. The van der Waals surface area contributed by atoms with Gasteiger partial charge in [0.05, 0.1) is 19.4 Å². The monoisotopic (exact) mass is 344 g/mol.